The third-order valence-corrected chi connectivity index (χ3v) is 8.17. The second-order valence-corrected chi connectivity index (χ2v) is 11.8. The molecule has 8 nitrogen and oxygen atoms in total. The van der Waals surface area contributed by atoms with Crippen molar-refractivity contribution in [2.45, 2.75) is 45.2 Å². The van der Waals surface area contributed by atoms with Gasteiger partial charge in [-0.1, -0.05) is 61.9 Å². The number of carbonyl (C=O) groups excluding carboxylic acids is 2. The van der Waals surface area contributed by atoms with Gasteiger partial charge >= 0.3 is 0 Å². The zero-order chi connectivity index (χ0) is 29.4. The molecule has 2 amide bonds. The van der Waals surface area contributed by atoms with Crippen molar-refractivity contribution in [1.29, 1.82) is 0 Å². The number of hydrogen-bond donors (Lipinski definition) is 1. The van der Waals surface area contributed by atoms with Crippen molar-refractivity contribution in [2.24, 2.45) is 5.92 Å². The first-order valence-corrected chi connectivity index (χ1v) is 14.4. The fourth-order valence-electron chi connectivity index (χ4n) is 4.03. The number of amides is 2. The second-order valence-electron chi connectivity index (χ2n) is 9.92. The summed E-state index contributed by atoms with van der Waals surface area (Å²) in [6, 6.07) is 17.7. The Morgan fingerprint density at radius 1 is 0.950 bits per heavy atom. The molecule has 0 bridgehead atoms. The molecule has 1 N–H and O–H groups in total. The number of anilines is 1. The Labute approximate surface area is 235 Å². The van der Waals surface area contributed by atoms with E-state index in [0.717, 1.165) is 9.87 Å². The molecule has 0 saturated carbocycles. The summed E-state index contributed by atoms with van der Waals surface area (Å²) < 4.78 is 48.9. The molecule has 3 aromatic carbocycles. The molecule has 0 fully saturated rings. The maximum atomic E-state index is 14.6. The summed E-state index contributed by atoms with van der Waals surface area (Å²) in [6.07, 6.45) is 0. The Morgan fingerprint density at radius 3 is 2.20 bits per heavy atom. The lowest BCUT2D eigenvalue weighted by Gasteiger charge is -2.32. The quantitative estimate of drug-likeness (QED) is 0.346. The van der Waals surface area contributed by atoms with E-state index in [1.54, 1.807) is 36.4 Å². The average Bonchev–Trinajstić information content (AvgIpc) is 2.93. The van der Waals surface area contributed by atoms with Crippen LogP contribution in [-0.2, 0) is 26.2 Å². The first kappa shape index (κ1) is 30.6. The predicted octanol–water partition coefficient (Wildman–Crippen LogP) is 4.53. The largest absolute Gasteiger partial charge is 0.495 e. The Kier molecular flexibility index (Phi) is 10.3. The molecule has 3 aromatic rings. The lowest BCUT2D eigenvalue weighted by molar-refractivity contribution is -0.139. The number of halogens is 1. The third kappa shape index (κ3) is 7.38. The van der Waals surface area contributed by atoms with Crippen molar-refractivity contribution in [3.8, 4) is 5.75 Å². The van der Waals surface area contributed by atoms with Gasteiger partial charge in [0.25, 0.3) is 10.0 Å². The molecule has 0 aliphatic rings. The summed E-state index contributed by atoms with van der Waals surface area (Å²) in [5, 5.41) is 2.80. The number of sulfonamides is 1. The van der Waals surface area contributed by atoms with Gasteiger partial charge in [-0.15, -0.1) is 0 Å². The maximum Gasteiger partial charge on any atom is 0.264 e. The number of ether oxygens (including phenoxy) is 1. The first-order chi connectivity index (χ1) is 18.9. The van der Waals surface area contributed by atoms with Gasteiger partial charge in [0.15, 0.2) is 0 Å². The van der Waals surface area contributed by atoms with Gasteiger partial charge in [0.2, 0.25) is 11.8 Å². The minimum atomic E-state index is -4.25. The zero-order valence-electron chi connectivity index (χ0n) is 23.4. The minimum Gasteiger partial charge on any atom is -0.495 e. The predicted molar refractivity (Wildman–Crippen MR) is 153 cm³/mol. The van der Waals surface area contributed by atoms with Gasteiger partial charge in [0.05, 0.1) is 17.7 Å². The van der Waals surface area contributed by atoms with Crippen LogP contribution in [0.3, 0.4) is 0 Å². The average molecular weight is 570 g/mol. The molecular formula is C30H36FN3O5S. The van der Waals surface area contributed by atoms with Gasteiger partial charge in [0.1, 0.15) is 24.2 Å². The Bertz CT molecular complexity index is 1430. The van der Waals surface area contributed by atoms with Gasteiger partial charge in [-0.25, -0.2) is 12.8 Å². The molecule has 1 atom stereocenters. The van der Waals surface area contributed by atoms with E-state index < -0.39 is 40.2 Å². The standard InChI is InChI=1S/C30H36FN3O5S/c1-21(2)18-32-30(36)23(4)33(19-24-10-6-7-11-26(24)31)29(35)20-34(27-12-8-9-13-28(27)39-5)40(37,38)25-16-14-22(3)15-17-25/h6-17,21,23H,18-20H2,1-5H3,(H,32,36). The highest BCUT2D eigenvalue weighted by Crippen LogP contribution is 2.32. The summed E-state index contributed by atoms with van der Waals surface area (Å²) in [6.45, 7) is 6.77. The Balaban J connectivity index is 2.06. The van der Waals surface area contributed by atoms with Crippen molar-refractivity contribution in [1.82, 2.24) is 10.2 Å². The highest BCUT2D eigenvalue weighted by Gasteiger charge is 2.34. The molecule has 0 heterocycles. The van der Waals surface area contributed by atoms with E-state index >= 15 is 0 Å². The summed E-state index contributed by atoms with van der Waals surface area (Å²) in [5.41, 5.74) is 1.22. The van der Waals surface area contributed by atoms with E-state index in [1.165, 1.54) is 55.3 Å². The van der Waals surface area contributed by atoms with Crippen LogP contribution < -0.4 is 14.4 Å². The van der Waals surface area contributed by atoms with Crippen molar-refractivity contribution >= 4 is 27.5 Å². The van der Waals surface area contributed by atoms with Crippen molar-refractivity contribution in [3.63, 3.8) is 0 Å². The molecule has 1 unspecified atom stereocenters. The van der Waals surface area contributed by atoms with Crippen LogP contribution in [0.2, 0.25) is 0 Å². The van der Waals surface area contributed by atoms with Crippen LogP contribution in [0.1, 0.15) is 31.9 Å². The van der Waals surface area contributed by atoms with Crippen LogP contribution in [-0.4, -0.2) is 51.4 Å². The molecule has 0 aliphatic carbocycles. The molecular weight excluding hydrogens is 533 g/mol. The number of aryl methyl sites for hydroxylation is 1. The monoisotopic (exact) mass is 569 g/mol. The van der Waals surface area contributed by atoms with Crippen LogP contribution in [0.15, 0.2) is 77.7 Å². The summed E-state index contributed by atoms with van der Waals surface area (Å²) in [5.74, 6) is -1.23. The summed E-state index contributed by atoms with van der Waals surface area (Å²) >= 11 is 0. The van der Waals surface area contributed by atoms with E-state index in [4.69, 9.17) is 4.74 Å². The topological polar surface area (TPSA) is 96.0 Å². The second kappa shape index (κ2) is 13.4. The number of hydrogen-bond acceptors (Lipinski definition) is 5. The molecule has 0 saturated heterocycles. The third-order valence-electron chi connectivity index (χ3n) is 6.39. The lowest BCUT2D eigenvalue weighted by Crippen LogP contribution is -2.51. The molecule has 3 rings (SSSR count). The molecule has 214 valence electrons. The smallest absolute Gasteiger partial charge is 0.264 e. The van der Waals surface area contributed by atoms with E-state index in [-0.39, 0.29) is 34.4 Å². The van der Waals surface area contributed by atoms with E-state index in [0.29, 0.717) is 6.54 Å². The molecule has 10 heteroatoms. The Morgan fingerprint density at radius 2 is 1.57 bits per heavy atom. The normalized spacial score (nSPS) is 12.1. The number of methoxy groups -OCH3 is 1. The van der Waals surface area contributed by atoms with Crippen LogP contribution in [0, 0.1) is 18.7 Å². The molecule has 0 aliphatic heterocycles. The van der Waals surface area contributed by atoms with Gasteiger partial charge in [-0.3, -0.25) is 13.9 Å². The number of rotatable bonds is 12. The molecule has 0 radical (unpaired) electrons. The van der Waals surface area contributed by atoms with Crippen molar-refractivity contribution in [2.75, 3.05) is 24.5 Å². The van der Waals surface area contributed by atoms with Gasteiger partial charge < -0.3 is 15.0 Å². The van der Waals surface area contributed by atoms with E-state index in [2.05, 4.69) is 5.32 Å². The number of para-hydroxylation sites is 2. The number of nitrogens with zero attached hydrogens (tertiary/aromatic N) is 2. The highest BCUT2D eigenvalue weighted by molar-refractivity contribution is 7.92. The van der Waals surface area contributed by atoms with Crippen molar-refractivity contribution in [3.05, 3.63) is 89.7 Å². The lowest BCUT2D eigenvalue weighted by atomic mass is 10.1. The number of nitrogens with one attached hydrogen (secondary N) is 1. The molecule has 0 spiro atoms. The summed E-state index contributed by atoms with van der Waals surface area (Å²) in [4.78, 5) is 28.1. The van der Waals surface area contributed by atoms with E-state index in [1.807, 2.05) is 20.8 Å². The SMILES string of the molecule is COc1ccccc1N(CC(=O)N(Cc1ccccc1F)C(C)C(=O)NCC(C)C)S(=O)(=O)c1ccc(C)cc1. The van der Waals surface area contributed by atoms with Crippen LogP contribution in [0.4, 0.5) is 10.1 Å². The van der Waals surface area contributed by atoms with Gasteiger partial charge in [-0.05, 0) is 50.1 Å². The fraction of sp³-hybridized carbons (Fsp3) is 0.333. The molecule has 40 heavy (non-hydrogen) atoms. The van der Waals surface area contributed by atoms with Crippen LogP contribution in [0.5, 0.6) is 5.75 Å². The van der Waals surface area contributed by atoms with Gasteiger partial charge in [0, 0.05) is 18.7 Å². The number of benzene rings is 3. The maximum absolute atomic E-state index is 14.6. The van der Waals surface area contributed by atoms with E-state index in [9.17, 15) is 22.4 Å². The van der Waals surface area contributed by atoms with Crippen LogP contribution in [0.25, 0.3) is 0 Å². The zero-order valence-corrected chi connectivity index (χ0v) is 24.2. The molecule has 0 aromatic heterocycles. The number of carbonyl (C=O) groups is 2. The Hall–Kier alpha value is -3.92. The van der Waals surface area contributed by atoms with Gasteiger partial charge in [-0.2, -0.15) is 0 Å². The fourth-order valence-corrected chi connectivity index (χ4v) is 5.46. The van der Waals surface area contributed by atoms with Crippen LogP contribution >= 0.6 is 0 Å². The highest BCUT2D eigenvalue weighted by atomic mass is 32.2. The van der Waals surface area contributed by atoms with Crippen molar-refractivity contribution < 1.29 is 27.1 Å². The first-order valence-electron chi connectivity index (χ1n) is 13.0. The minimum absolute atomic E-state index is 0.0137. The summed E-state index contributed by atoms with van der Waals surface area (Å²) in [7, 11) is -2.84.